The van der Waals surface area contributed by atoms with Crippen molar-refractivity contribution in [3.63, 3.8) is 0 Å². The minimum Gasteiger partial charge on any atom is -0.325 e. The molecule has 2 aromatic rings. The van der Waals surface area contributed by atoms with Crippen molar-refractivity contribution < 1.29 is 4.79 Å². The third-order valence-corrected chi connectivity index (χ3v) is 4.06. The highest BCUT2D eigenvalue weighted by molar-refractivity contribution is 5.91. The van der Waals surface area contributed by atoms with Gasteiger partial charge in [-0.1, -0.05) is 37.3 Å². The van der Waals surface area contributed by atoms with Crippen LogP contribution in [0.2, 0.25) is 0 Å². The number of carbonyl (C=O) groups excluding carboxylic acids is 1. The first-order valence-corrected chi connectivity index (χ1v) is 7.78. The summed E-state index contributed by atoms with van der Waals surface area (Å²) in [5.74, 6) is 0.0434. The lowest BCUT2D eigenvalue weighted by atomic mass is 9.99. The van der Waals surface area contributed by atoms with Crippen LogP contribution in [0.5, 0.6) is 0 Å². The van der Waals surface area contributed by atoms with E-state index in [0.29, 0.717) is 6.42 Å². The van der Waals surface area contributed by atoms with Crippen LogP contribution in [0.4, 0.5) is 5.69 Å². The lowest BCUT2D eigenvalue weighted by molar-refractivity contribution is -0.115. The number of hydrogen-bond acceptors (Lipinski definition) is 3. The highest BCUT2D eigenvalue weighted by Gasteiger charge is 2.19. The molecule has 0 fully saturated rings. The lowest BCUT2D eigenvalue weighted by Gasteiger charge is -2.29. The van der Waals surface area contributed by atoms with Crippen LogP contribution in [0.3, 0.4) is 0 Å². The standard InChI is InChI=1S/C18H21N3O/c1-2-18(22)20-17-11-19-10-15-13-21(9-8-16(15)17)12-14-6-4-3-5-7-14/h3-7,10-11H,2,8-9,12-13H2,1H3,(H,20,22). The zero-order valence-corrected chi connectivity index (χ0v) is 12.9. The van der Waals surface area contributed by atoms with Crippen LogP contribution in [-0.2, 0) is 24.3 Å². The topological polar surface area (TPSA) is 45.2 Å². The number of amides is 1. The van der Waals surface area contributed by atoms with Crippen LogP contribution in [0.25, 0.3) is 0 Å². The van der Waals surface area contributed by atoms with E-state index >= 15 is 0 Å². The van der Waals surface area contributed by atoms with Crippen molar-refractivity contribution in [2.24, 2.45) is 0 Å². The third kappa shape index (κ3) is 3.34. The van der Waals surface area contributed by atoms with E-state index < -0.39 is 0 Å². The van der Waals surface area contributed by atoms with Gasteiger partial charge in [0.15, 0.2) is 0 Å². The Morgan fingerprint density at radius 3 is 2.86 bits per heavy atom. The molecule has 2 heterocycles. The van der Waals surface area contributed by atoms with Crippen molar-refractivity contribution in [2.75, 3.05) is 11.9 Å². The monoisotopic (exact) mass is 295 g/mol. The van der Waals surface area contributed by atoms with E-state index in [1.807, 2.05) is 19.2 Å². The fourth-order valence-electron chi connectivity index (χ4n) is 2.87. The first kappa shape index (κ1) is 14.7. The van der Waals surface area contributed by atoms with Gasteiger partial charge in [-0.15, -0.1) is 0 Å². The summed E-state index contributed by atoms with van der Waals surface area (Å²) in [7, 11) is 0. The summed E-state index contributed by atoms with van der Waals surface area (Å²) in [5.41, 5.74) is 4.66. The molecule has 0 bridgehead atoms. The number of nitrogens with one attached hydrogen (secondary N) is 1. The number of hydrogen-bond donors (Lipinski definition) is 1. The number of nitrogens with zero attached hydrogens (tertiary/aromatic N) is 2. The van der Waals surface area contributed by atoms with Gasteiger partial charge in [-0.05, 0) is 23.1 Å². The van der Waals surface area contributed by atoms with Gasteiger partial charge < -0.3 is 5.32 Å². The quantitative estimate of drug-likeness (QED) is 0.943. The maximum Gasteiger partial charge on any atom is 0.224 e. The van der Waals surface area contributed by atoms with Crippen LogP contribution in [-0.4, -0.2) is 22.3 Å². The molecule has 3 rings (SSSR count). The predicted molar refractivity (Wildman–Crippen MR) is 87.4 cm³/mol. The Balaban J connectivity index is 1.73. The van der Waals surface area contributed by atoms with E-state index in [0.717, 1.165) is 31.7 Å². The van der Waals surface area contributed by atoms with E-state index in [1.54, 1.807) is 6.20 Å². The van der Waals surface area contributed by atoms with Gasteiger partial charge in [0.1, 0.15) is 0 Å². The second-order valence-corrected chi connectivity index (χ2v) is 5.67. The molecule has 114 valence electrons. The van der Waals surface area contributed by atoms with Crippen LogP contribution in [0, 0.1) is 0 Å². The minimum atomic E-state index is 0.0434. The molecule has 0 atom stereocenters. The van der Waals surface area contributed by atoms with Gasteiger partial charge in [-0.2, -0.15) is 0 Å². The zero-order valence-electron chi connectivity index (χ0n) is 12.9. The van der Waals surface area contributed by atoms with Crippen LogP contribution < -0.4 is 5.32 Å². The molecule has 0 saturated carbocycles. The van der Waals surface area contributed by atoms with Gasteiger partial charge in [-0.3, -0.25) is 14.7 Å². The Labute approximate surface area is 131 Å². The maximum absolute atomic E-state index is 11.6. The highest BCUT2D eigenvalue weighted by atomic mass is 16.1. The first-order valence-electron chi connectivity index (χ1n) is 7.78. The summed E-state index contributed by atoms with van der Waals surface area (Å²) in [6.07, 6.45) is 5.13. The highest BCUT2D eigenvalue weighted by Crippen LogP contribution is 2.26. The molecule has 1 aromatic heterocycles. The summed E-state index contributed by atoms with van der Waals surface area (Å²) in [6, 6.07) is 10.5. The molecule has 1 aromatic carbocycles. The van der Waals surface area contributed by atoms with Gasteiger partial charge in [-0.25, -0.2) is 0 Å². The number of benzene rings is 1. The van der Waals surface area contributed by atoms with Crippen molar-refractivity contribution >= 4 is 11.6 Å². The van der Waals surface area contributed by atoms with Crippen molar-refractivity contribution in [3.8, 4) is 0 Å². The second-order valence-electron chi connectivity index (χ2n) is 5.67. The molecule has 22 heavy (non-hydrogen) atoms. The molecule has 0 spiro atoms. The van der Waals surface area contributed by atoms with E-state index in [-0.39, 0.29) is 5.91 Å². The van der Waals surface area contributed by atoms with Gasteiger partial charge in [0.05, 0.1) is 11.9 Å². The van der Waals surface area contributed by atoms with Gasteiger partial charge in [0, 0.05) is 32.3 Å². The maximum atomic E-state index is 11.6. The molecule has 0 saturated heterocycles. The molecule has 0 unspecified atom stereocenters. The predicted octanol–water partition coefficient (Wildman–Crippen LogP) is 2.99. The van der Waals surface area contributed by atoms with Crippen LogP contribution >= 0.6 is 0 Å². The molecule has 1 aliphatic heterocycles. The Kier molecular flexibility index (Phi) is 4.49. The number of fused-ring (bicyclic) bond motifs is 1. The SMILES string of the molecule is CCC(=O)Nc1cncc2c1CCN(Cc1ccccc1)C2. The molecule has 4 nitrogen and oxygen atoms in total. The fraction of sp³-hybridized carbons (Fsp3) is 0.333. The Hall–Kier alpha value is -2.20. The summed E-state index contributed by atoms with van der Waals surface area (Å²) in [6.45, 7) is 4.69. The smallest absolute Gasteiger partial charge is 0.224 e. The van der Waals surface area contributed by atoms with E-state index in [9.17, 15) is 4.79 Å². The summed E-state index contributed by atoms with van der Waals surface area (Å²) >= 11 is 0. The number of anilines is 1. The van der Waals surface area contributed by atoms with E-state index in [4.69, 9.17) is 0 Å². The number of carbonyl (C=O) groups is 1. The molecule has 0 radical (unpaired) electrons. The first-order chi connectivity index (χ1) is 10.8. The van der Waals surface area contributed by atoms with Gasteiger partial charge >= 0.3 is 0 Å². The Bertz CT molecular complexity index is 655. The second kappa shape index (κ2) is 6.71. The van der Waals surface area contributed by atoms with Gasteiger partial charge in [0.25, 0.3) is 0 Å². The van der Waals surface area contributed by atoms with Crippen molar-refractivity contribution in [3.05, 3.63) is 59.4 Å². The lowest BCUT2D eigenvalue weighted by Crippen LogP contribution is -2.31. The average molecular weight is 295 g/mol. The summed E-state index contributed by atoms with van der Waals surface area (Å²) in [4.78, 5) is 18.3. The van der Waals surface area contributed by atoms with Gasteiger partial charge in [0.2, 0.25) is 5.91 Å². The van der Waals surface area contributed by atoms with E-state index in [2.05, 4.69) is 39.5 Å². The van der Waals surface area contributed by atoms with Crippen LogP contribution in [0.1, 0.15) is 30.0 Å². The Morgan fingerprint density at radius 1 is 1.27 bits per heavy atom. The number of pyridine rings is 1. The summed E-state index contributed by atoms with van der Waals surface area (Å²) < 4.78 is 0. The Morgan fingerprint density at radius 2 is 2.09 bits per heavy atom. The molecule has 1 aliphatic rings. The summed E-state index contributed by atoms with van der Waals surface area (Å²) in [5, 5.41) is 2.96. The van der Waals surface area contributed by atoms with E-state index in [1.165, 1.54) is 16.7 Å². The molecule has 4 heteroatoms. The number of aromatic nitrogens is 1. The molecular weight excluding hydrogens is 274 g/mol. The number of rotatable bonds is 4. The largest absolute Gasteiger partial charge is 0.325 e. The fourth-order valence-corrected chi connectivity index (χ4v) is 2.87. The van der Waals surface area contributed by atoms with Crippen molar-refractivity contribution in [1.29, 1.82) is 0 Å². The molecule has 1 amide bonds. The minimum absolute atomic E-state index is 0.0434. The zero-order chi connectivity index (χ0) is 15.4. The average Bonchev–Trinajstić information content (AvgIpc) is 2.56. The van der Waals surface area contributed by atoms with Crippen LogP contribution in [0.15, 0.2) is 42.7 Å². The molecular formula is C18H21N3O. The molecule has 1 N–H and O–H groups in total. The van der Waals surface area contributed by atoms with Crippen molar-refractivity contribution in [1.82, 2.24) is 9.88 Å². The normalized spacial score (nSPS) is 14.4. The third-order valence-electron chi connectivity index (χ3n) is 4.06. The molecule has 0 aliphatic carbocycles. The van der Waals surface area contributed by atoms with Crippen molar-refractivity contribution in [2.45, 2.75) is 32.9 Å².